The van der Waals surface area contributed by atoms with Crippen LogP contribution >= 0.6 is 22.9 Å². The van der Waals surface area contributed by atoms with Gasteiger partial charge < -0.3 is 5.11 Å². The first-order chi connectivity index (χ1) is 5.81. The van der Waals surface area contributed by atoms with Gasteiger partial charge in [-0.15, -0.1) is 22.9 Å². The quantitative estimate of drug-likeness (QED) is 0.697. The summed E-state index contributed by atoms with van der Waals surface area (Å²) in [5, 5.41) is 12.3. The molecule has 0 aliphatic carbocycles. The van der Waals surface area contributed by atoms with Gasteiger partial charge in [0.1, 0.15) is 5.75 Å². The van der Waals surface area contributed by atoms with E-state index in [0.29, 0.717) is 11.6 Å². The summed E-state index contributed by atoms with van der Waals surface area (Å²) in [6.45, 7) is 0. The Morgan fingerprint density at radius 3 is 3.00 bits per heavy atom. The summed E-state index contributed by atoms with van der Waals surface area (Å²) in [5.74, 6) is 0.802. The number of phenolic OH excluding ortho intramolecular Hbond substituents is 1. The standard InChI is InChI=1S/C9H7ClOS/c10-4-6-5-12-9-2-1-7(11)3-8(6)9/h1-3,5,11H,4H2. The summed E-state index contributed by atoms with van der Waals surface area (Å²) in [6.07, 6.45) is 0. The minimum Gasteiger partial charge on any atom is -0.508 e. The van der Waals surface area contributed by atoms with Crippen molar-refractivity contribution in [2.24, 2.45) is 0 Å². The second-order valence-electron chi connectivity index (χ2n) is 2.58. The third-order valence-corrected chi connectivity index (χ3v) is 3.08. The molecule has 2 aromatic rings. The van der Waals surface area contributed by atoms with Gasteiger partial charge in [0.2, 0.25) is 0 Å². The summed E-state index contributed by atoms with van der Waals surface area (Å²) in [5.41, 5.74) is 1.09. The monoisotopic (exact) mass is 198 g/mol. The molecule has 0 radical (unpaired) electrons. The molecule has 1 aromatic heterocycles. The van der Waals surface area contributed by atoms with E-state index in [-0.39, 0.29) is 0 Å². The highest BCUT2D eigenvalue weighted by Crippen LogP contribution is 2.29. The first kappa shape index (κ1) is 7.90. The summed E-state index contributed by atoms with van der Waals surface area (Å²) >= 11 is 7.38. The van der Waals surface area contributed by atoms with Gasteiger partial charge in [0.15, 0.2) is 0 Å². The molecule has 0 aliphatic rings. The van der Waals surface area contributed by atoms with Crippen molar-refractivity contribution in [1.82, 2.24) is 0 Å². The molecular weight excluding hydrogens is 192 g/mol. The van der Waals surface area contributed by atoms with Crippen molar-refractivity contribution < 1.29 is 5.11 Å². The molecule has 3 heteroatoms. The van der Waals surface area contributed by atoms with Crippen molar-refractivity contribution in [1.29, 1.82) is 0 Å². The molecule has 0 aliphatic heterocycles. The highest BCUT2D eigenvalue weighted by atomic mass is 35.5. The van der Waals surface area contributed by atoms with Crippen LogP contribution in [0.25, 0.3) is 10.1 Å². The molecule has 1 heterocycles. The number of thiophene rings is 1. The number of benzene rings is 1. The van der Waals surface area contributed by atoms with Gasteiger partial charge in [0.25, 0.3) is 0 Å². The Bertz CT molecular complexity index is 408. The van der Waals surface area contributed by atoms with E-state index in [2.05, 4.69) is 0 Å². The Kier molecular flexibility index (Phi) is 1.95. The maximum absolute atomic E-state index is 9.23. The zero-order valence-corrected chi connectivity index (χ0v) is 7.82. The largest absolute Gasteiger partial charge is 0.508 e. The van der Waals surface area contributed by atoms with Crippen LogP contribution in [0.5, 0.6) is 5.75 Å². The Balaban J connectivity index is 2.75. The molecule has 1 nitrogen and oxygen atoms in total. The number of phenols is 1. The Morgan fingerprint density at radius 2 is 2.25 bits per heavy atom. The fourth-order valence-corrected chi connectivity index (χ4v) is 2.43. The fourth-order valence-electron chi connectivity index (χ4n) is 1.17. The van der Waals surface area contributed by atoms with Crippen molar-refractivity contribution in [2.75, 3.05) is 0 Å². The molecule has 0 spiro atoms. The van der Waals surface area contributed by atoms with E-state index in [1.54, 1.807) is 23.5 Å². The molecule has 1 N–H and O–H groups in total. The van der Waals surface area contributed by atoms with Gasteiger partial charge in [-0.25, -0.2) is 0 Å². The molecule has 12 heavy (non-hydrogen) atoms. The number of fused-ring (bicyclic) bond motifs is 1. The van der Waals surface area contributed by atoms with E-state index in [4.69, 9.17) is 11.6 Å². The van der Waals surface area contributed by atoms with Crippen LogP contribution in [0.3, 0.4) is 0 Å². The minimum absolute atomic E-state index is 0.298. The van der Waals surface area contributed by atoms with E-state index >= 15 is 0 Å². The normalized spacial score (nSPS) is 10.8. The zero-order chi connectivity index (χ0) is 8.55. The van der Waals surface area contributed by atoms with E-state index in [9.17, 15) is 5.11 Å². The molecule has 0 bridgehead atoms. The SMILES string of the molecule is Oc1ccc2scc(CCl)c2c1. The van der Waals surface area contributed by atoms with E-state index in [1.807, 2.05) is 11.4 Å². The smallest absolute Gasteiger partial charge is 0.116 e. The molecule has 0 atom stereocenters. The van der Waals surface area contributed by atoms with Crippen LogP contribution in [0, 0.1) is 0 Å². The topological polar surface area (TPSA) is 20.2 Å². The van der Waals surface area contributed by atoms with E-state index in [1.165, 1.54) is 4.70 Å². The van der Waals surface area contributed by atoms with E-state index in [0.717, 1.165) is 10.9 Å². The molecular formula is C9H7ClOS. The number of hydrogen-bond acceptors (Lipinski definition) is 2. The van der Waals surface area contributed by atoms with Crippen LogP contribution in [0.1, 0.15) is 5.56 Å². The lowest BCUT2D eigenvalue weighted by molar-refractivity contribution is 0.476. The summed E-state index contributed by atoms with van der Waals surface area (Å²) in [7, 11) is 0. The molecule has 1 aromatic carbocycles. The average molecular weight is 199 g/mol. The molecule has 0 unspecified atom stereocenters. The molecule has 2 rings (SSSR count). The van der Waals surface area contributed by atoms with Gasteiger partial charge in [0, 0.05) is 16.0 Å². The molecule has 0 fully saturated rings. The zero-order valence-electron chi connectivity index (χ0n) is 6.25. The maximum Gasteiger partial charge on any atom is 0.116 e. The second-order valence-corrected chi connectivity index (χ2v) is 3.75. The Labute approximate surface area is 79.2 Å². The Morgan fingerprint density at radius 1 is 1.42 bits per heavy atom. The lowest BCUT2D eigenvalue weighted by Gasteiger charge is -1.93. The van der Waals surface area contributed by atoms with Gasteiger partial charge >= 0.3 is 0 Å². The fraction of sp³-hybridized carbons (Fsp3) is 0.111. The van der Waals surface area contributed by atoms with Gasteiger partial charge in [-0.3, -0.25) is 0 Å². The third kappa shape index (κ3) is 1.17. The van der Waals surface area contributed by atoms with Crippen molar-refractivity contribution in [3.8, 4) is 5.75 Å². The Hall–Kier alpha value is -0.730. The summed E-state index contributed by atoms with van der Waals surface area (Å²) in [4.78, 5) is 0. The lowest BCUT2D eigenvalue weighted by atomic mass is 10.2. The molecule has 0 saturated heterocycles. The molecule has 62 valence electrons. The van der Waals surface area contributed by atoms with Crippen molar-refractivity contribution in [3.05, 3.63) is 29.1 Å². The van der Waals surface area contributed by atoms with Gasteiger partial charge in [0.05, 0.1) is 0 Å². The number of aromatic hydroxyl groups is 1. The van der Waals surface area contributed by atoms with Crippen molar-refractivity contribution >= 4 is 33.0 Å². The number of alkyl halides is 1. The first-order valence-electron chi connectivity index (χ1n) is 3.56. The predicted molar refractivity (Wildman–Crippen MR) is 53.0 cm³/mol. The number of hydrogen-bond donors (Lipinski definition) is 1. The number of halogens is 1. The second kappa shape index (κ2) is 2.96. The van der Waals surface area contributed by atoms with Gasteiger partial charge in [-0.05, 0) is 29.1 Å². The van der Waals surface area contributed by atoms with Gasteiger partial charge in [-0.1, -0.05) is 0 Å². The summed E-state index contributed by atoms with van der Waals surface area (Å²) in [6, 6.07) is 5.35. The predicted octanol–water partition coefficient (Wildman–Crippen LogP) is 3.35. The van der Waals surface area contributed by atoms with Crippen molar-refractivity contribution in [3.63, 3.8) is 0 Å². The lowest BCUT2D eigenvalue weighted by Crippen LogP contribution is -1.72. The third-order valence-electron chi connectivity index (χ3n) is 1.78. The summed E-state index contributed by atoms with van der Waals surface area (Å²) < 4.78 is 1.17. The van der Waals surface area contributed by atoms with Crippen LogP contribution in [-0.2, 0) is 5.88 Å². The minimum atomic E-state index is 0.298. The number of rotatable bonds is 1. The molecule has 0 saturated carbocycles. The van der Waals surface area contributed by atoms with Crippen LogP contribution in [0.4, 0.5) is 0 Å². The van der Waals surface area contributed by atoms with Gasteiger partial charge in [-0.2, -0.15) is 0 Å². The average Bonchev–Trinajstić information content (AvgIpc) is 2.46. The van der Waals surface area contributed by atoms with Crippen molar-refractivity contribution in [2.45, 2.75) is 5.88 Å². The van der Waals surface area contributed by atoms with Crippen LogP contribution in [0.2, 0.25) is 0 Å². The highest BCUT2D eigenvalue weighted by molar-refractivity contribution is 7.17. The van der Waals surface area contributed by atoms with Crippen LogP contribution in [0.15, 0.2) is 23.6 Å². The van der Waals surface area contributed by atoms with E-state index < -0.39 is 0 Å². The highest BCUT2D eigenvalue weighted by Gasteiger charge is 2.02. The molecule has 0 amide bonds. The van der Waals surface area contributed by atoms with Crippen LogP contribution < -0.4 is 0 Å². The maximum atomic E-state index is 9.23. The first-order valence-corrected chi connectivity index (χ1v) is 4.98. The van der Waals surface area contributed by atoms with Crippen LogP contribution in [-0.4, -0.2) is 5.11 Å².